The highest BCUT2D eigenvalue weighted by Gasteiger charge is 2.06. The Kier molecular flexibility index (Phi) is 4.44. The smallest absolute Gasteiger partial charge is 0.217 e. The van der Waals surface area contributed by atoms with Crippen molar-refractivity contribution >= 4 is 21.8 Å². The van der Waals surface area contributed by atoms with E-state index in [-0.39, 0.29) is 22.5 Å². The molecule has 0 spiro atoms. The lowest BCUT2D eigenvalue weighted by atomic mass is 10.2. The summed E-state index contributed by atoms with van der Waals surface area (Å²) in [7, 11) is 0. The molecule has 0 saturated carbocycles. The summed E-state index contributed by atoms with van der Waals surface area (Å²) in [6.07, 6.45) is 0. The third kappa shape index (κ3) is 3.63. The Labute approximate surface area is 100 Å². The van der Waals surface area contributed by atoms with E-state index >= 15 is 0 Å². The van der Waals surface area contributed by atoms with E-state index in [1.165, 1.54) is 6.92 Å². The zero-order valence-corrected chi connectivity index (χ0v) is 9.99. The lowest BCUT2D eigenvalue weighted by Crippen LogP contribution is -2.19. The Balaban J connectivity index is 2.84. The summed E-state index contributed by atoms with van der Waals surface area (Å²) >= 11 is 3.01. The summed E-state index contributed by atoms with van der Waals surface area (Å²) in [5.41, 5.74) is 0.0757. The third-order valence-electron chi connectivity index (χ3n) is 1.65. The van der Waals surface area contributed by atoms with E-state index in [2.05, 4.69) is 33.1 Å². The third-order valence-corrected chi connectivity index (χ3v) is 2.27. The van der Waals surface area contributed by atoms with Crippen LogP contribution in [0, 0.1) is 23.5 Å². The van der Waals surface area contributed by atoms with E-state index in [1.54, 1.807) is 0 Å². The monoisotopic (exact) mass is 287 g/mol. The maximum absolute atomic E-state index is 13.2. The SMILES string of the molecule is CC(=O)NCC#Cc1c(F)cc(F)cc1Br. The molecule has 1 amide bonds. The lowest BCUT2D eigenvalue weighted by molar-refractivity contribution is -0.118. The number of benzene rings is 1. The van der Waals surface area contributed by atoms with Crippen LogP contribution in [0.3, 0.4) is 0 Å². The molecule has 0 aromatic heterocycles. The first-order valence-corrected chi connectivity index (χ1v) is 5.18. The first-order valence-electron chi connectivity index (χ1n) is 4.38. The molecule has 0 atom stereocenters. The van der Waals surface area contributed by atoms with Crippen molar-refractivity contribution < 1.29 is 13.6 Å². The van der Waals surface area contributed by atoms with Crippen molar-refractivity contribution in [3.8, 4) is 11.8 Å². The minimum absolute atomic E-state index is 0.0757. The molecule has 84 valence electrons. The molecule has 1 aromatic rings. The van der Waals surface area contributed by atoms with Crippen LogP contribution < -0.4 is 5.32 Å². The fourth-order valence-corrected chi connectivity index (χ4v) is 1.47. The minimum atomic E-state index is -0.734. The second kappa shape index (κ2) is 5.61. The van der Waals surface area contributed by atoms with Gasteiger partial charge in [0.25, 0.3) is 0 Å². The molecular weight excluding hydrogens is 280 g/mol. The Morgan fingerprint density at radius 1 is 1.50 bits per heavy atom. The van der Waals surface area contributed by atoms with Crippen molar-refractivity contribution in [1.82, 2.24) is 5.32 Å². The summed E-state index contributed by atoms with van der Waals surface area (Å²) in [5.74, 6) is 3.45. The first-order chi connectivity index (χ1) is 7.50. The summed E-state index contributed by atoms with van der Waals surface area (Å²) < 4.78 is 26.2. The molecule has 0 unspecified atom stereocenters. The molecule has 5 heteroatoms. The number of carbonyl (C=O) groups is 1. The Morgan fingerprint density at radius 3 is 2.75 bits per heavy atom. The van der Waals surface area contributed by atoms with Gasteiger partial charge in [-0.15, -0.1) is 0 Å². The van der Waals surface area contributed by atoms with Gasteiger partial charge in [0.15, 0.2) is 0 Å². The Morgan fingerprint density at radius 2 is 2.19 bits per heavy atom. The topological polar surface area (TPSA) is 29.1 Å². The fraction of sp³-hybridized carbons (Fsp3) is 0.182. The second-order valence-electron chi connectivity index (χ2n) is 2.96. The molecule has 0 aliphatic carbocycles. The minimum Gasteiger partial charge on any atom is -0.345 e. The molecule has 1 aromatic carbocycles. The van der Waals surface area contributed by atoms with Crippen molar-refractivity contribution in [3.05, 3.63) is 33.8 Å². The van der Waals surface area contributed by atoms with Gasteiger partial charge in [0.2, 0.25) is 5.91 Å². The number of carbonyl (C=O) groups excluding carboxylic acids is 1. The Bertz CT molecular complexity index is 454. The zero-order chi connectivity index (χ0) is 12.1. The van der Waals surface area contributed by atoms with E-state index in [1.807, 2.05) is 0 Å². The normalized spacial score (nSPS) is 9.25. The molecule has 0 bridgehead atoms. The molecule has 0 saturated heterocycles. The van der Waals surface area contributed by atoms with Crippen LogP contribution >= 0.6 is 15.9 Å². The number of nitrogens with one attached hydrogen (secondary N) is 1. The standard InChI is InChI=1S/C11H8BrF2NO/c1-7(16)15-4-2-3-9-10(12)5-8(13)6-11(9)14/h5-6H,4H2,1H3,(H,15,16). The Hall–Kier alpha value is -1.41. The largest absolute Gasteiger partial charge is 0.345 e. The summed E-state index contributed by atoms with van der Waals surface area (Å²) in [6, 6.07) is 1.89. The van der Waals surface area contributed by atoms with Crippen LogP contribution in [0.4, 0.5) is 8.78 Å². The molecule has 2 nitrogen and oxygen atoms in total. The highest BCUT2D eigenvalue weighted by atomic mass is 79.9. The second-order valence-corrected chi connectivity index (χ2v) is 3.81. The zero-order valence-electron chi connectivity index (χ0n) is 8.40. The molecule has 0 heterocycles. The molecule has 0 fully saturated rings. The highest BCUT2D eigenvalue weighted by molar-refractivity contribution is 9.10. The average Bonchev–Trinajstić information content (AvgIpc) is 2.14. The van der Waals surface area contributed by atoms with E-state index in [4.69, 9.17) is 0 Å². The van der Waals surface area contributed by atoms with Gasteiger partial charge in [-0.2, -0.15) is 0 Å². The molecule has 0 radical (unpaired) electrons. The summed E-state index contributed by atoms with van der Waals surface area (Å²) in [4.78, 5) is 10.5. The van der Waals surface area contributed by atoms with Crippen LogP contribution in [-0.4, -0.2) is 12.5 Å². The van der Waals surface area contributed by atoms with E-state index < -0.39 is 11.6 Å². The molecule has 0 aliphatic heterocycles. The number of rotatable bonds is 1. The van der Waals surface area contributed by atoms with Gasteiger partial charge in [-0.25, -0.2) is 8.78 Å². The molecule has 1 N–H and O–H groups in total. The van der Waals surface area contributed by atoms with E-state index in [0.717, 1.165) is 12.1 Å². The maximum atomic E-state index is 13.2. The van der Waals surface area contributed by atoms with Gasteiger partial charge >= 0.3 is 0 Å². The number of amides is 1. The predicted molar refractivity (Wildman–Crippen MR) is 59.6 cm³/mol. The van der Waals surface area contributed by atoms with Crippen molar-refractivity contribution in [1.29, 1.82) is 0 Å². The van der Waals surface area contributed by atoms with Crippen LogP contribution in [0.5, 0.6) is 0 Å². The van der Waals surface area contributed by atoms with Crippen LogP contribution in [0.1, 0.15) is 12.5 Å². The van der Waals surface area contributed by atoms with Crippen molar-refractivity contribution in [3.63, 3.8) is 0 Å². The number of halogens is 3. The fourth-order valence-electron chi connectivity index (χ4n) is 0.963. The summed E-state index contributed by atoms with van der Waals surface area (Å²) in [6.45, 7) is 1.48. The number of hydrogen-bond acceptors (Lipinski definition) is 1. The van der Waals surface area contributed by atoms with Crippen LogP contribution in [0.15, 0.2) is 16.6 Å². The maximum Gasteiger partial charge on any atom is 0.217 e. The van der Waals surface area contributed by atoms with Gasteiger partial charge in [-0.05, 0) is 22.0 Å². The molecular formula is C11H8BrF2NO. The lowest BCUT2D eigenvalue weighted by Gasteiger charge is -1.98. The molecule has 0 aliphatic rings. The van der Waals surface area contributed by atoms with Gasteiger partial charge in [0.05, 0.1) is 12.1 Å². The van der Waals surface area contributed by atoms with Gasteiger partial charge in [-0.3, -0.25) is 4.79 Å². The van der Waals surface area contributed by atoms with Gasteiger partial charge in [0, 0.05) is 17.5 Å². The van der Waals surface area contributed by atoms with Crippen molar-refractivity contribution in [2.75, 3.05) is 6.54 Å². The molecule has 1 rings (SSSR count). The van der Waals surface area contributed by atoms with Crippen LogP contribution in [0.25, 0.3) is 0 Å². The van der Waals surface area contributed by atoms with Crippen molar-refractivity contribution in [2.24, 2.45) is 0 Å². The van der Waals surface area contributed by atoms with Crippen molar-refractivity contribution in [2.45, 2.75) is 6.92 Å². The van der Waals surface area contributed by atoms with Gasteiger partial charge in [0.1, 0.15) is 11.6 Å². The predicted octanol–water partition coefficient (Wildman–Crippen LogP) is 2.21. The highest BCUT2D eigenvalue weighted by Crippen LogP contribution is 2.20. The first kappa shape index (κ1) is 12.7. The van der Waals surface area contributed by atoms with Gasteiger partial charge < -0.3 is 5.32 Å². The van der Waals surface area contributed by atoms with E-state index in [9.17, 15) is 13.6 Å². The van der Waals surface area contributed by atoms with E-state index in [0.29, 0.717) is 0 Å². The quantitative estimate of drug-likeness (QED) is 0.789. The van der Waals surface area contributed by atoms with Crippen LogP contribution in [-0.2, 0) is 4.79 Å². The number of hydrogen-bond donors (Lipinski definition) is 1. The molecule has 16 heavy (non-hydrogen) atoms. The average molecular weight is 288 g/mol. The van der Waals surface area contributed by atoms with Crippen LogP contribution in [0.2, 0.25) is 0 Å². The van der Waals surface area contributed by atoms with Gasteiger partial charge in [-0.1, -0.05) is 11.8 Å². The summed E-state index contributed by atoms with van der Waals surface area (Å²) in [5, 5.41) is 2.44.